The highest BCUT2D eigenvalue weighted by Gasteiger charge is 2.21. The molecule has 0 unspecified atom stereocenters. The third kappa shape index (κ3) is 3.37. The molecule has 5 nitrogen and oxygen atoms in total. The minimum absolute atomic E-state index is 0.0665. The summed E-state index contributed by atoms with van der Waals surface area (Å²) in [5.41, 5.74) is 6.24. The van der Waals surface area contributed by atoms with E-state index in [9.17, 15) is 4.79 Å². The van der Waals surface area contributed by atoms with E-state index in [1.807, 2.05) is 36.4 Å². The molecule has 0 aliphatic rings. The highest BCUT2D eigenvalue weighted by Crippen LogP contribution is 2.41. The van der Waals surface area contributed by atoms with Gasteiger partial charge >= 0.3 is 0 Å². The highest BCUT2D eigenvalue weighted by molar-refractivity contribution is 6.29. The van der Waals surface area contributed by atoms with Crippen LogP contribution in [0.25, 0.3) is 87.9 Å². The standard InChI is InChI=1S/C41H24N4O/c46-41-30-18-8-10-20-32(30)42-40-29-17-7-6-16-28(29)37-35(45(40)41)23-22-34-38(37)31-19-9-11-21-33(31)44(34)36-24-26-14-4-5-15-27(26)39(43-36)25-12-2-1-3-13-25/h1-24H. The quantitative estimate of drug-likeness (QED) is 0.149. The first kappa shape index (κ1) is 25.0. The van der Waals surface area contributed by atoms with Gasteiger partial charge in [-0.15, -0.1) is 0 Å². The Morgan fingerprint density at radius 3 is 1.96 bits per heavy atom. The summed E-state index contributed by atoms with van der Waals surface area (Å²) in [5.74, 6) is 0.845. The maximum atomic E-state index is 14.2. The molecule has 0 amide bonds. The molecule has 0 N–H and O–H groups in total. The van der Waals surface area contributed by atoms with Gasteiger partial charge in [-0.05, 0) is 47.2 Å². The average Bonchev–Trinajstić information content (AvgIpc) is 3.46. The van der Waals surface area contributed by atoms with Gasteiger partial charge in [-0.1, -0.05) is 109 Å². The van der Waals surface area contributed by atoms with Crippen molar-refractivity contribution in [3.8, 4) is 17.1 Å². The van der Waals surface area contributed by atoms with E-state index in [0.29, 0.717) is 16.6 Å². The van der Waals surface area contributed by atoms with E-state index in [2.05, 4.69) is 114 Å². The van der Waals surface area contributed by atoms with Crippen LogP contribution in [0, 0.1) is 0 Å². The first-order chi connectivity index (χ1) is 22.8. The lowest BCUT2D eigenvalue weighted by atomic mass is 10.0. The molecule has 0 aliphatic carbocycles. The van der Waals surface area contributed by atoms with Gasteiger partial charge in [0.25, 0.3) is 5.56 Å². The summed E-state index contributed by atoms with van der Waals surface area (Å²) in [5, 5.41) is 8.06. The number of fused-ring (bicyclic) bond motifs is 12. The van der Waals surface area contributed by atoms with Crippen molar-refractivity contribution < 1.29 is 0 Å². The van der Waals surface area contributed by atoms with E-state index < -0.39 is 0 Å². The largest absolute Gasteiger partial charge is 0.294 e. The number of para-hydroxylation sites is 2. The molecule has 0 atom stereocenters. The van der Waals surface area contributed by atoms with E-state index in [1.165, 1.54) is 0 Å². The smallest absolute Gasteiger partial charge is 0.266 e. The fraction of sp³-hybridized carbons (Fsp3) is 0. The SMILES string of the molecule is O=c1c2ccccc2nc2c3ccccc3c3c4c5ccccc5n(-c5cc6ccccc6c(-c6ccccc6)n5)c4ccc3n12. The Bertz CT molecular complexity index is 2940. The molecule has 46 heavy (non-hydrogen) atoms. The molecule has 214 valence electrons. The molecule has 0 saturated heterocycles. The summed E-state index contributed by atoms with van der Waals surface area (Å²) in [7, 11) is 0. The van der Waals surface area contributed by atoms with E-state index in [4.69, 9.17) is 9.97 Å². The Hall–Kier alpha value is -6.33. The van der Waals surface area contributed by atoms with Crippen molar-refractivity contribution in [3.63, 3.8) is 0 Å². The summed E-state index contributed by atoms with van der Waals surface area (Å²) in [6.45, 7) is 0. The van der Waals surface area contributed by atoms with Gasteiger partial charge in [0.2, 0.25) is 0 Å². The summed E-state index contributed by atoms with van der Waals surface area (Å²) < 4.78 is 4.07. The fourth-order valence-corrected chi connectivity index (χ4v) is 7.30. The molecule has 0 fully saturated rings. The molecule has 0 spiro atoms. The van der Waals surface area contributed by atoms with Crippen LogP contribution in [-0.2, 0) is 0 Å². The van der Waals surface area contributed by atoms with Crippen molar-refractivity contribution in [2.24, 2.45) is 0 Å². The third-order valence-corrected chi connectivity index (χ3v) is 9.27. The molecular formula is C41H24N4O. The number of benzene rings is 6. The number of aromatic nitrogens is 4. The van der Waals surface area contributed by atoms with E-state index in [0.717, 1.165) is 71.3 Å². The van der Waals surface area contributed by atoms with Crippen LogP contribution in [0.3, 0.4) is 0 Å². The lowest BCUT2D eigenvalue weighted by molar-refractivity contribution is 1.09. The highest BCUT2D eigenvalue weighted by atomic mass is 16.1. The summed E-state index contributed by atoms with van der Waals surface area (Å²) in [6, 6.07) is 49.6. The Balaban J connectivity index is 1.41. The zero-order valence-corrected chi connectivity index (χ0v) is 24.6. The topological polar surface area (TPSA) is 52.2 Å². The summed E-state index contributed by atoms with van der Waals surface area (Å²) in [4.78, 5) is 24.6. The van der Waals surface area contributed by atoms with Crippen molar-refractivity contribution in [2.45, 2.75) is 0 Å². The molecule has 10 rings (SSSR count). The minimum atomic E-state index is -0.0665. The van der Waals surface area contributed by atoms with E-state index in [1.54, 1.807) is 4.40 Å². The van der Waals surface area contributed by atoms with Gasteiger partial charge in [0, 0.05) is 32.5 Å². The molecule has 10 aromatic rings. The van der Waals surface area contributed by atoms with Crippen molar-refractivity contribution >= 4 is 70.8 Å². The maximum Gasteiger partial charge on any atom is 0.266 e. The van der Waals surface area contributed by atoms with E-state index >= 15 is 0 Å². The van der Waals surface area contributed by atoms with E-state index in [-0.39, 0.29) is 5.56 Å². The van der Waals surface area contributed by atoms with Crippen molar-refractivity contribution in [2.75, 3.05) is 0 Å². The zero-order chi connectivity index (χ0) is 30.4. The lowest BCUT2D eigenvalue weighted by Crippen LogP contribution is -2.16. The number of hydrogen-bond acceptors (Lipinski definition) is 3. The van der Waals surface area contributed by atoms with Crippen molar-refractivity contribution in [1.82, 2.24) is 18.9 Å². The summed E-state index contributed by atoms with van der Waals surface area (Å²) >= 11 is 0. The van der Waals surface area contributed by atoms with Crippen LogP contribution in [0.15, 0.2) is 150 Å². The van der Waals surface area contributed by atoms with Gasteiger partial charge < -0.3 is 0 Å². The van der Waals surface area contributed by atoms with Crippen molar-refractivity contribution in [3.05, 3.63) is 156 Å². The maximum absolute atomic E-state index is 14.2. The van der Waals surface area contributed by atoms with Crippen LogP contribution < -0.4 is 5.56 Å². The monoisotopic (exact) mass is 588 g/mol. The summed E-state index contributed by atoms with van der Waals surface area (Å²) in [6.07, 6.45) is 0. The van der Waals surface area contributed by atoms with Gasteiger partial charge in [0.15, 0.2) is 0 Å². The van der Waals surface area contributed by atoms with Crippen LogP contribution in [-0.4, -0.2) is 18.9 Å². The zero-order valence-electron chi connectivity index (χ0n) is 24.6. The Morgan fingerprint density at radius 2 is 1.11 bits per heavy atom. The number of pyridine rings is 2. The second-order valence-corrected chi connectivity index (χ2v) is 11.8. The molecule has 5 heteroatoms. The predicted octanol–water partition coefficient (Wildman–Crippen LogP) is 9.47. The second kappa shape index (κ2) is 9.34. The number of nitrogens with zero attached hydrogens (tertiary/aromatic N) is 4. The van der Waals surface area contributed by atoms with Crippen LogP contribution in [0.1, 0.15) is 0 Å². The van der Waals surface area contributed by atoms with Gasteiger partial charge in [0.05, 0.1) is 33.1 Å². The van der Waals surface area contributed by atoms with Gasteiger partial charge in [-0.25, -0.2) is 9.97 Å². The number of hydrogen-bond donors (Lipinski definition) is 0. The van der Waals surface area contributed by atoms with Crippen LogP contribution in [0.5, 0.6) is 0 Å². The Kier molecular flexibility index (Phi) is 5.08. The molecule has 4 heterocycles. The Labute approximate surface area is 262 Å². The van der Waals surface area contributed by atoms with Gasteiger partial charge in [0.1, 0.15) is 11.5 Å². The molecule has 4 aromatic heterocycles. The van der Waals surface area contributed by atoms with Crippen LogP contribution in [0.2, 0.25) is 0 Å². The van der Waals surface area contributed by atoms with Gasteiger partial charge in [-0.3, -0.25) is 13.8 Å². The molecule has 0 radical (unpaired) electrons. The van der Waals surface area contributed by atoms with Crippen LogP contribution in [0.4, 0.5) is 0 Å². The molecule has 0 saturated carbocycles. The van der Waals surface area contributed by atoms with Crippen molar-refractivity contribution in [1.29, 1.82) is 0 Å². The molecule has 0 bridgehead atoms. The van der Waals surface area contributed by atoms with Gasteiger partial charge in [-0.2, -0.15) is 0 Å². The first-order valence-corrected chi connectivity index (χ1v) is 15.4. The molecule has 0 aliphatic heterocycles. The number of rotatable bonds is 2. The normalized spacial score (nSPS) is 12.0. The molecule has 6 aromatic carbocycles. The Morgan fingerprint density at radius 1 is 0.478 bits per heavy atom. The third-order valence-electron chi connectivity index (χ3n) is 9.27. The van der Waals surface area contributed by atoms with Crippen LogP contribution >= 0.6 is 0 Å². The minimum Gasteiger partial charge on any atom is -0.294 e. The average molecular weight is 589 g/mol. The molecular weight excluding hydrogens is 564 g/mol. The second-order valence-electron chi connectivity index (χ2n) is 11.8. The first-order valence-electron chi connectivity index (χ1n) is 15.4. The lowest BCUT2D eigenvalue weighted by Gasteiger charge is -2.14. The predicted molar refractivity (Wildman–Crippen MR) is 189 cm³/mol. The fourth-order valence-electron chi connectivity index (χ4n) is 7.30.